The summed E-state index contributed by atoms with van der Waals surface area (Å²) in [7, 11) is 1.49. The van der Waals surface area contributed by atoms with Crippen LogP contribution in [0.15, 0.2) is 90.1 Å². The normalized spacial score (nSPS) is 24.2. The molecule has 1 amide bonds. The molecule has 2 aliphatic carbocycles. The first-order chi connectivity index (χ1) is 33.7. The van der Waals surface area contributed by atoms with E-state index in [4.69, 9.17) is 43.2 Å². The number of allylic oxidation sites excluding steroid dienone is 1. The number of amides is 1. The Morgan fingerprint density at radius 3 is 2.42 bits per heavy atom. The van der Waals surface area contributed by atoms with E-state index in [2.05, 4.69) is 12.7 Å². The number of nitro benzene ring substituents is 1. The molecule has 3 N–H and O–H groups in total. The monoisotopic (exact) mass is 957 g/mol. The van der Waals surface area contributed by atoms with Gasteiger partial charge >= 0.3 is 6.09 Å². The third-order valence-corrected chi connectivity index (χ3v) is 13.2. The maximum absolute atomic E-state index is 14.9. The predicted molar refractivity (Wildman–Crippen MR) is 252 cm³/mol. The van der Waals surface area contributed by atoms with Crippen LogP contribution in [0.4, 0.5) is 10.5 Å². The largest absolute Gasteiger partial charge is 0.496 e. The molecule has 1 saturated carbocycles. The summed E-state index contributed by atoms with van der Waals surface area (Å²) in [4.78, 5) is 45.5. The lowest BCUT2D eigenvalue weighted by molar-refractivity contribution is -0.384. The molecule has 0 bridgehead atoms. The summed E-state index contributed by atoms with van der Waals surface area (Å²) in [5.41, 5.74) is 2.27. The van der Waals surface area contributed by atoms with Crippen LogP contribution in [0.1, 0.15) is 86.0 Å². The molecule has 4 aliphatic rings. The van der Waals surface area contributed by atoms with Gasteiger partial charge in [-0.15, -0.1) is 6.58 Å². The Morgan fingerprint density at radius 2 is 1.72 bits per heavy atom. The second-order valence-electron chi connectivity index (χ2n) is 17.4. The van der Waals surface area contributed by atoms with Gasteiger partial charge in [-0.3, -0.25) is 19.8 Å². The van der Waals surface area contributed by atoms with E-state index in [1.807, 2.05) is 12.1 Å². The standard InChI is InChI=1S/C51H63N3O15/c1-3-25-65-51-46(53(21-27-63-28-24-57)50(59)67-37-15-13-36(14-16-37)54(60)61)32-43(52-69-47-12-6-9-26-64-47)41-30-34(10-4-7-22-55)40(11-5-8-23-56)48(49(41)51)42-31-39(18-20-45(42)68-51)66-38-17-19-44(62-2)35(29-38)33-58/h3,13-20,29-31,33-34,40,46-49,55-57H,1,4-12,21-28,32H2,2H3. The summed E-state index contributed by atoms with van der Waals surface area (Å²) >= 11 is 0. The summed E-state index contributed by atoms with van der Waals surface area (Å²) in [6.07, 6.45) is 9.57. The van der Waals surface area contributed by atoms with Gasteiger partial charge in [-0.05, 0) is 104 Å². The number of benzene rings is 3. The highest BCUT2D eigenvalue weighted by Crippen LogP contribution is 2.62. The number of fused-ring (bicyclic) bond motifs is 2. The SMILES string of the molecule is C=CCOC12Oc3ccc(Oc4ccc(OC)c(C=O)c4)cc3C3C(CCCCO)C(CCCCO)C=C(C(=NOC4CCCCO4)CC1N(CCOCCO)C(=O)Oc1ccc([N+](=O)[O-])cc1)C32. The van der Waals surface area contributed by atoms with Crippen LogP contribution in [0.2, 0.25) is 0 Å². The van der Waals surface area contributed by atoms with Crippen LogP contribution in [0.25, 0.3) is 0 Å². The third kappa shape index (κ3) is 11.9. The molecule has 0 radical (unpaired) electrons. The van der Waals surface area contributed by atoms with Crippen molar-refractivity contribution in [3.8, 4) is 28.7 Å². The number of hydrogen-bond acceptors (Lipinski definition) is 16. The molecular formula is C51H63N3O15. The fraction of sp³-hybridized carbons (Fsp3) is 0.510. The molecule has 2 heterocycles. The number of unbranched alkanes of at least 4 members (excludes halogenated alkanes) is 2. The number of carbonyl (C=O) groups excluding carboxylic acids is 2. The van der Waals surface area contributed by atoms with E-state index in [1.54, 1.807) is 30.3 Å². The lowest BCUT2D eigenvalue weighted by atomic mass is 9.55. The number of methoxy groups -OCH3 is 1. The van der Waals surface area contributed by atoms with Crippen LogP contribution >= 0.6 is 0 Å². The number of hydrogen-bond donors (Lipinski definition) is 3. The van der Waals surface area contributed by atoms with E-state index in [1.165, 1.54) is 36.3 Å². The average Bonchev–Trinajstić information content (AvgIpc) is 3.36. The minimum atomic E-state index is -1.66. The molecule has 18 heteroatoms. The molecule has 2 aliphatic heterocycles. The van der Waals surface area contributed by atoms with Crippen molar-refractivity contribution in [1.29, 1.82) is 0 Å². The molecule has 7 rings (SSSR count). The topological polar surface area (TPSA) is 227 Å². The summed E-state index contributed by atoms with van der Waals surface area (Å²) in [5, 5.41) is 46.0. The van der Waals surface area contributed by atoms with E-state index >= 15 is 0 Å². The van der Waals surface area contributed by atoms with Crippen molar-refractivity contribution in [2.24, 2.45) is 22.9 Å². The predicted octanol–water partition coefficient (Wildman–Crippen LogP) is 7.88. The fourth-order valence-electron chi connectivity index (χ4n) is 10.1. The number of ether oxygens (including phenoxy) is 7. The van der Waals surface area contributed by atoms with Crippen molar-refractivity contribution in [3.05, 3.63) is 106 Å². The van der Waals surface area contributed by atoms with Crippen molar-refractivity contribution in [3.63, 3.8) is 0 Å². The average molecular weight is 958 g/mol. The van der Waals surface area contributed by atoms with Crippen molar-refractivity contribution in [2.75, 3.05) is 59.9 Å². The molecule has 3 aromatic rings. The highest BCUT2D eigenvalue weighted by Gasteiger charge is 2.66. The highest BCUT2D eigenvalue weighted by molar-refractivity contribution is 6.03. The molecule has 3 aromatic carbocycles. The van der Waals surface area contributed by atoms with Crippen LogP contribution in [-0.4, -0.2) is 121 Å². The lowest BCUT2D eigenvalue weighted by Crippen LogP contribution is -2.70. The fourth-order valence-corrected chi connectivity index (χ4v) is 10.1. The molecule has 7 atom stereocenters. The van der Waals surface area contributed by atoms with E-state index in [0.29, 0.717) is 79.3 Å². The first-order valence-corrected chi connectivity index (χ1v) is 23.8. The number of aliphatic hydroxyl groups excluding tert-OH is 3. The molecule has 18 nitrogen and oxygen atoms in total. The van der Waals surface area contributed by atoms with Gasteiger partial charge in [-0.2, -0.15) is 0 Å². The number of carbonyl (C=O) groups is 2. The number of oxime groups is 1. The zero-order chi connectivity index (χ0) is 48.8. The molecule has 7 unspecified atom stereocenters. The number of non-ortho nitro benzene ring substituents is 1. The van der Waals surface area contributed by atoms with Gasteiger partial charge < -0.3 is 53.3 Å². The molecule has 372 valence electrons. The number of nitro groups is 1. The minimum absolute atomic E-state index is 0.000311. The van der Waals surface area contributed by atoms with Crippen molar-refractivity contribution >= 4 is 23.8 Å². The first-order valence-electron chi connectivity index (χ1n) is 23.8. The van der Waals surface area contributed by atoms with Gasteiger partial charge in [0.05, 0.1) is 62.3 Å². The van der Waals surface area contributed by atoms with Gasteiger partial charge in [0.2, 0.25) is 12.1 Å². The molecule has 1 saturated heterocycles. The van der Waals surface area contributed by atoms with Gasteiger partial charge in [0.25, 0.3) is 5.69 Å². The Labute approximate surface area is 401 Å². The summed E-state index contributed by atoms with van der Waals surface area (Å²) < 4.78 is 43.9. The summed E-state index contributed by atoms with van der Waals surface area (Å²) in [6, 6.07) is 14.7. The molecule has 0 aromatic heterocycles. The smallest absolute Gasteiger partial charge is 0.415 e. The number of nitrogens with zero attached hydrogens (tertiary/aromatic N) is 3. The molecule has 69 heavy (non-hydrogen) atoms. The maximum Gasteiger partial charge on any atom is 0.415 e. The summed E-state index contributed by atoms with van der Waals surface area (Å²) in [6.45, 7) is 4.22. The Morgan fingerprint density at radius 1 is 0.971 bits per heavy atom. The molecule has 2 fully saturated rings. The minimum Gasteiger partial charge on any atom is -0.496 e. The second-order valence-corrected chi connectivity index (χ2v) is 17.4. The van der Waals surface area contributed by atoms with E-state index in [9.17, 15) is 35.0 Å². The number of aliphatic hydroxyl groups is 3. The van der Waals surface area contributed by atoms with Crippen LogP contribution in [0.3, 0.4) is 0 Å². The summed E-state index contributed by atoms with van der Waals surface area (Å²) in [5.74, 6) is -1.11. The van der Waals surface area contributed by atoms with Gasteiger partial charge in [0.15, 0.2) is 6.29 Å². The van der Waals surface area contributed by atoms with Gasteiger partial charge in [0.1, 0.15) is 34.8 Å². The van der Waals surface area contributed by atoms with Gasteiger partial charge in [-0.1, -0.05) is 30.1 Å². The van der Waals surface area contributed by atoms with Crippen molar-refractivity contribution < 1.29 is 67.8 Å². The second kappa shape index (κ2) is 24.6. The Bertz CT molecular complexity index is 2280. The van der Waals surface area contributed by atoms with Crippen LogP contribution in [-0.2, 0) is 19.0 Å². The van der Waals surface area contributed by atoms with Crippen LogP contribution in [0, 0.1) is 27.9 Å². The van der Waals surface area contributed by atoms with Crippen LogP contribution < -0.4 is 18.9 Å². The zero-order valence-corrected chi connectivity index (χ0v) is 39.0. The highest BCUT2D eigenvalue weighted by atomic mass is 16.8. The quantitative estimate of drug-likeness (QED) is 0.0241. The van der Waals surface area contributed by atoms with Gasteiger partial charge in [0, 0.05) is 56.2 Å². The Kier molecular flexibility index (Phi) is 18.2. The first kappa shape index (κ1) is 51.0. The van der Waals surface area contributed by atoms with Crippen molar-refractivity contribution in [1.82, 2.24) is 4.90 Å². The Balaban J connectivity index is 1.43. The van der Waals surface area contributed by atoms with E-state index < -0.39 is 41.0 Å². The molecular weight excluding hydrogens is 895 g/mol. The maximum atomic E-state index is 14.9. The van der Waals surface area contributed by atoms with Gasteiger partial charge in [-0.25, -0.2) is 4.79 Å². The zero-order valence-electron chi connectivity index (χ0n) is 39.0. The van der Waals surface area contributed by atoms with Crippen LogP contribution in [0.5, 0.6) is 28.7 Å². The van der Waals surface area contributed by atoms with E-state index in [0.717, 1.165) is 36.8 Å². The van der Waals surface area contributed by atoms with Crippen molar-refractivity contribution in [2.45, 2.75) is 88.2 Å². The number of aldehydes is 1. The third-order valence-electron chi connectivity index (χ3n) is 13.2. The lowest BCUT2D eigenvalue weighted by Gasteiger charge is -2.59. The number of rotatable bonds is 25. The van der Waals surface area contributed by atoms with E-state index in [-0.39, 0.29) is 75.9 Å². The molecule has 0 spiro atoms. The Hall–Kier alpha value is -5.89.